The van der Waals surface area contributed by atoms with Crippen LogP contribution in [-0.2, 0) is 21.4 Å². The van der Waals surface area contributed by atoms with E-state index in [1.165, 1.54) is 28.0 Å². The van der Waals surface area contributed by atoms with Crippen molar-refractivity contribution in [3.05, 3.63) is 93.0 Å². The van der Waals surface area contributed by atoms with Gasteiger partial charge in [0.15, 0.2) is 0 Å². The van der Waals surface area contributed by atoms with Crippen LogP contribution in [0.4, 0.5) is 5.69 Å². The predicted molar refractivity (Wildman–Crippen MR) is 139 cm³/mol. The first-order valence-electron chi connectivity index (χ1n) is 10.2. The molecular formula is C25H19BrCl2NSZr. The van der Waals surface area contributed by atoms with E-state index in [1.807, 2.05) is 0 Å². The van der Waals surface area contributed by atoms with Gasteiger partial charge >= 0.3 is 205 Å². The minimum absolute atomic E-state index is 0.174. The number of nitrogens with zero attached hydrogens (tertiary/aromatic N) is 1. The first-order chi connectivity index (χ1) is 14.7. The van der Waals surface area contributed by atoms with Crippen molar-refractivity contribution in [3.63, 3.8) is 0 Å². The van der Waals surface area contributed by atoms with Crippen molar-refractivity contribution in [2.45, 2.75) is 12.5 Å². The Bertz CT molecular complexity index is 1360. The summed E-state index contributed by atoms with van der Waals surface area (Å²) in [5.41, 5.74) is 8.57. The molecule has 0 spiro atoms. The predicted octanol–water partition coefficient (Wildman–Crippen LogP) is 6.86. The summed E-state index contributed by atoms with van der Waals surface area (Å²) in [6.45, 7) is 0. The Hall–Kier alpha value is -0.767. The second-order valence-corrected chi connectivity index (χ2v) is 35.4. The van der Waals surface area contributed by atoms with Gasteiger partial charge in [0.25, 0.3) is 0 Å². The summed E-state index contributed by atoms with van der Waals surface area (Å²) in [6, 6.07) is 19.3. The summed E-state index contributed by atoms with van der Waals surface area (Å²) in [7, 11) is 22.4. The van der Waals surface area contributed by atoms with Crippen LogP contribution in [0.2, 0.25) is 0 Å². The van der Waals surface area contributed by atoms with E-state index in [0.29, 0.717) is 0 Å². The van der Waals surface area contributed by atoms with E-state index in [9.17, 15) is 0 Å². The van der Waals surface area contributed by atoms with E-state index in [-0.39, 0.29) is 6.04 Å². The van der Waals surface area contributed by atoms with Crippen LogP contribution in [0.5, 0.6) is 0 Å². The molecule has 1 nitrogen and oxygen atoms in total. The van der Waals surface area contributed by atoms with Crippen molar-refractivity contribution in [3.8, 4) is 0 Å². The molecule has 2 aliphatic carbocycles. The van der Waals surface area contributed by atoms with Crippen LogP contribution >= 0.6 is 42.3 Å². The fourth-order valence-electron chi connectivity index (χ4n) is 5.40. The van der Waals surface area contributed by atoms with Crippen molar-refractivity contribution in [1.29, 1.82) is 0 Å². The molecule has 0 saturated heterocycles. The number of halogens is 3. The SMILES string of the molecule is CN1c2ccc[c]([Zr]([SH])([Cl])([Cl])[c]3cccc4c3C=CC4)c2C2=Cc3cc(Br)ccc3C21. The fourth-order valence-corrected chi connectivity index (χ4v) is 17.9. The number of hydrogen-bond acceptors (Lipinski definition) is 2. The topological polar surface area (TPSA) is 3.24 Å². The van der Waals surface area contributed by atoms with Crippen molar-refractivity contribution in [2.75, 3.05) is 11.9 Å². The molecule has 0 fully saturated rings. The fraction of sp³-hybridized carbons (Fsp3) is 0.120. The maximum absolute atomic E-state index is 7.54. The monoisotopic (exact) mass is 604 g/mol. The molecule has 0 amide bonds. The van der Waals surface area contributed by atoms with Crippen LogP contribution in [0, 0.1) is 0 Å². The van der Waals surface area contributed by atoms with Gasteiger partial charge in [-0.15, -0.1) is 0 Å². The molecule has 1 atom stereocenters. The molecule has 1 heterocycles. The van der Waals surface area contributed by atoms with E-state index in [1.54, 1.807) is 0 Å². The molecule has 0 aromatic heterocycles. The number of hydrogen-bond donors (Lipinski definition) is 1. The van der Waals surface area contributed by atoms with Gasteiger partial charge in [-0.1, -0.05) is 0 Å². The Balaban J connectivity index is 1.61. The van der Waals surface area contributed by atoms with Crippen molar-refractivity contribution < 1.29 is 14.9 Å². The number of benzene rings is 3. The minimum atomic E-state index is -4.88. The Labute approximate surface area is 202 Å². The van der Waals surface area contributed by atoms with Gasteiger partial charge in [-0.3, -0.25) is 0 Å². The van der Waals surface area contributed by atoms with Crippen LogP contribution in [0.1, 0.15) is 33.9 Å². The van der Waals surface area contributed by atoms with E-state index in [2.05, 4.69) is 101 Å². The van der Waals surface area contributed by atoms with Gasteiger partial charge in [0.05, 0.1) is 0 Å². The summed E-state index contributed by atoms with van der Waals surface area (Å²) in [4.78, 5) is 2.34. The van der Waals surface area contributed by atoms with Crippen molar-refractivity contribution in [1.82, 2.24) is 0 Å². The summed E-state index contributed by atoms with van der Waals surface area (Å²) >= 11 is -1.27. The number of fused-ring (bicyclic) bond motifs is 6. The number of likely N-dealkylation sites (N-methyl/N-ethyl adjacent to an activating group) is 1. The van der Waals surface area contributed by atoms with Gasteiger partial charge in [0.2, 0.25) is 0 Å². The zero-order chi connectivity index (χ0) is 21.6. The maximum atomic E-state index is 7.54. The third kappa shape index (κ3) is 2.92. The van der Waals surface area contributed by atoms with E-state index in [4.69, 9.17) is 26.4 Å². The van der Waals surface area contributed by atoms with Crippen molar-refractivity contribution in [2.24, 2.45) is 0 Å². The normalized spacial score (nSPS) is 19.4. The molecule has 0 N–H and O–H groups in total. The first kappa shape index (κ1) is 20.8. The van der Waals surface area contributed by atoms with Gasteiger partial charge in [0.1, 0.15) is 0 Å². The molecule has 6 heteroatoms. The molecule has 1 aliphatic heterocycles. The summed E-state index contributed by atoms with van der Waals surface area (Å²) in [5.74, 6) is 0. The standard InChI is InChI=1S/C16H11BrN.C9H7.2ClH.H2S.Zr/c1-18-15-5-3-2-4-13(15)14-9-10-8-11(17)6-7-12(10)16(14)18;1-2-5-9-7-3-6-8(9)4-1;;;;/h2-3,5-9,16H,1H3;1-4,7H,6H2;2*1H;1H2;/q;;;;;+3/p-3. The molecule has 0 radical (unpaired) electrons. The Morgan fingerprint density at radius 1 is 1.06 bits per heavy atom. The van der Waals surface area contributed by atoms with Crippen LogP contribution in [0.25, 0.3) is 17.7 Å². The van der Waals surface area contributed by atoms with Gasteiger partial charge < -0.3 is 0 Å². The molecule has 3 aliphatic rings. The molecule has 0 saturated carbocycles. The molecular weight excluding hydrogens is 588 g/mol. The molecule has 1 unspecified atom stereocenters. The molecule has 0 bridgehead atoms. The number of allylic oxidation sites excluding steroid dienone is 1. The van der Waals surface area contributed by atoms with Crippen LogP contribution < -0.4 is 11.4 Å². The van der Waals surface area contributed by atoms with E-state index in [0.717, 1.165) is 28.6 Å². The van der Waals surface area contributed by atoms with Gasteiger partial charge in [0, 0.05) is 0 Å². The van der Waals surface area contributed by atoms with Crippen LogP contribution in [0.15, 0.2) is 65.1 Å². The Morgan fingerprint density at radius 2 is 1.84 bits per heavy atom. The zero-order valence-corrected chi connectivity index (χ0v) is 23.2. The van der Waals surface area contributed by atoms with Crippen molar-refractivity contribution >= 4 is 72.3 Å². The summed E-state index contributed by atoms with van der Waals surface area (Å²) < 4.78 is 3.10. The third-order valence-electron chi connectivity index (χ3n) is 6.78. The average Bonchev–Trinajstić information content (AvgIpc) is 3.41. The number of rotatable bonds is 2. The molecule has 3 aromatic carbocycles. The van der Waals surface area contributed by atoms with Gasteiger partial charge in [-0.05, 0) is 0 Å². The second-order valence-electron chi connectivity index (χ2n) is 8.54. The third-order valence-corrected chi connectivity index (χ3v) is 21.6. The zero-order valence-electron chi connectivity index (χ0n) is 16.7. The Kier molecular flexibility index (Phi) is 4.61. The van der Waals surface area contributed by atoms with Gasteiger partial charge in [-0.25, -0.2) is 0 Å². The van der Waals surface area contributed by atoms with E-state index >= 15 is 0 Å². The molecule has 6 rings (SSSR count). The van der Waals surface area contributed by atoms with Crippen LogP contribution in [-0.4, -0.2) is 7.05 Å². The summed E-state index contributed by atoms with van der Waals surface area (Å²) in [6.07, 6.45) is 7.54. The second kappa shape index (κ2) is 6.87. The molecule has 155 valence electrons. The average molecular weight is 608 g/mol. The first-order valence-corrected chi connectivity index (χ1v) is 23.6. The van der Waals surface area contributed by atoms with Gasteiger partial charge in [-0.2, -0.15) is 0 Å². The molecule has 31 heavy (non-hydrogen) atoms. The Morgan fingerprint density at radius 3 is 2.68 bits per heavy atom. The van der Waals surface area contributed by atoms with E-state index < -0.39 is 14.9 Å². The quantitative estimate of drug-likeness (QED) is 0.312. The molecule has 3 aromatic rings. The number of thiol groups is 1. The summed E-state index contributed by atoms with van der Waals surface area (Å²) in [5, 5.41) is 0. The number of anilines is 1. The van der Waals surface area contributed by atoms with Crippen LogP contribution in [0.3, 0.4) is 0 Å².